The van der Waals surface area contributed by atoms with Crippen LogP contribution in [0, 0.1) is 5.82 Å². The van der Waals surface area contributed by atoms with Crippen LogP contribution in [0.4, 0.5) is 10.1 Å². The summed E-state index contributed by atoms with van der Waals surface area (Å²) in [6, 6.07) is 2.10. The maximum atomic E-state index is 13.8. The molecular weight excluding hydrogens is 367 g/mol. The molecule has 1 unspecified atom stereocenters. The SMILES string of the molecule is COC1(CNS(=O)(=O)c2cc(N)c(Br)cc2F)CCOC1. The number of anilines is 1. The lowest BCUT2D eigenvalue weighted by atomic mass is 10.0. The summed E-state index contributed by atoms with van der Waals surface area (Å²) in [6.07, 6.45) is 0.566. The summed E-state index contributed by atoms with van der Waals surface area (Å²) in [5.74, 6) is -0.877. The molecule has 1 aromatic carbocycles. The Morgan fingerprint density at radius 3 is 2.86 bits per heavy atom. The van der Waals surface area contributed by atoms with Crippen molar-refractivity contribution in [3.8, 4) is 0 Å². The largest absolute Gasteiger partial charge is 0.398 e. The second-order valence-electron chi connectivity index (χ2n) is 4.82. The van der Waals surface area contributed by atoms with E-state index >= 15 is 0 Å². The third-order valence-electron chi connectivity index (χ3n) is 3.43. The molecule has 2 rings (SSSR count). The zero-order chi connectivity index (χ0) is 15.7. The number of halogens is 2. The number of hydrogen-bond acceptors (Lipinski definition) is 5. The zero-order valence-electron chi connectivity index (χ0n) is 11.4. The molecule has 0 spiro atoms. The second kappa shape index (κ2) is 6.17. The van der Waals surface area contributed by atoms with Crippen LogP contribution in [0.2, 0.25) is 0 Å². The number of nitrogens with two attached hydrogens (primary N) is 1. The summed E-state index contributed by atoms with van der Waals surface area (Å²) < 4.78 is 51.5. The van der Waals surface area contributed by atoms with Gasteiger partial charge in [0, 0.05) is 36.8 Å². The monoisotopic (exact) mass is 382 g/mol. The van der Waals surface area contributed by atoms with Gasteiger partial charge < -0.3 is 15.2 Å². The van der Waals surface area contributed by atoms with Crippen molar-refractivity contribution in [1.29, 1.82) is 0 Å². The van der Waals surface area contributed by atoms with Gasteiger partial charge in [0.1, 0.15) is 16.3 Å². The minimum Gasteiger partial charge on any atom is -0.398 e. The third kappa shape index (κ3) is 3.54. The molecule has 1 aliphatic heterocycles. The van der Waals surface area contributed by atoms with E-state index < -0.39 is 26.3 Å². The predicted molar refractivity (Wildman–Crippen MR) is 78.9 cm³/mol. The lowest BCUT2D eigenvalue weighted by molar-refractivity contribution is -0.0120. The summed E-state index contributed by atoms with van der Waals surface area (Å²) in [6.45, 7) is 0.785. The highest BCUT2D eigenvalue weighted by atomic mass is 79.9. The van der Waals surface area contributed by atoms with Crippen LogP contribution >= 0.6 is 15.9 Å². The number of methoxy groups -OCH3 is 1. The van der Waals surface area contributed by atoms with Gasteiger partial charge in [-0.25, -0.2) is 17.5 Å². The minimum atomic E-state index is -4.03. The number of sulfonamides is 1. The van der Waals surface area contributed by atoms with Crippen molar-refractivity contribution in [2.45, 2.75) is 16.9 Å². The van der Waals surface area contributed by atoms with Crippen LogP contribution in [0.5, 0.6) is 0 Å². The van der Waals surface area contributed by atoms with E-state index in [-0.39, 0.29) is 18.8 Å². The molecule has 6 nitrogen and oxygen atoms in total. The molecule has 1 atom stereocenters. The van der Waals surface area contributed by atoms with E-state index in [4.69, 9.17) is 15.2 Å². The first-order valence-electron chi connectivity index (χ1n) is 6.17. The van der Waals surface area contributed by atoms with Crippen molar-refractivity contribution >= 4 is 31.6 Å². The van der Waals surface area contributed by atoms with Gasteiger partial charge in [-0.3, -0.25) is 0 Å². The average Bonchev–Trinajstić information content (AvgIpc) is 2.90. The van der Waals surface area contributed by atoms with Crippen LogP contribution in [0.1, 0.15) is 6.42 Å². The Hall–Kier alpha value is -0.740. The number of nitrogens with one attached hydrogen (secondary N) is 1. The van der Waals surface area contributed by atoms with E-state index in [1.807, 2.05) is 0 Å². The van der Waals surface area contributed by atoms with Crippen LogP contribution in [0.25, 0.3) is 0 Å². The number of nitrogen functional groups attached to an aromatic ring is 1. The van der Waals surface area contributed by atoms with Gasteiger partial charge in [0.15, 0.2) is 0 Å². The van der Waals surface area contributed by atoms with Crippen molar-refractivity contribution in [3.05, 3.63) is 22.4 Å². The fourth-order valence-electron chi connectivity index (χ4n) is 2.02. The van der Waals surface area contributed by atoms with Crippen LogP contribution in [0.15, 0.2) is 21.5 Å². The Kier molecular flexibility index (Phi) is 4.89. The lowest BCUT2D eigenvalue weighted by Crippen LogP contribution is -2.45. The van der Waals surface area contributed by atoms with E-state index in [1.165, 1.54) is 7.11 Å². The van der Waals surface area contributed by atoms with Gasteiger partial charge >= 0.3 is 0 Å². The van der Waals surface area contributed by atoms with Gasteiger partial charge in [0.05, 0.1) is 6.61 Å². The highest BCUT2D eigenvalue weighted by molar-refractivity contribution is 9.10. The molecule has 9 heteroatoms. The molecule has 1 aliphatic rings. The first-order valence-corrected chi connectivity index (χ1v) is 8.44. The lowest BCUT2D eigenvalue weighted by Gasteiger charge is -2.25. The molecule has 1 heterocycles. The number of ether oxygens (including phenoxy) is 2. The summed E-state index contributed by atoms with van der Waals surface area (Å²) in [4.78, 5) is -0.492. The maximum absolute atomic E-state index is 13.8. The maximum Gasteiger partial charge on any atom is 0.243 e. The molecule has 1 aromatic rings. The van der Waals surface area contributed by atoms with Gasteiger partial charge in [0.25, 0.3) is 0 Å². The highest BCUT2D eigenvalue weighted by Crippen LogP contribution is 2.27. The van der Waals surface area contributed by atoms with Gasteiger partial charge in [-0.05, 0) is 28.1 Å². The van der Waals surface area contributed by atoms with Crippen molar-refractivity contribution < 1.29 is 22.3 Å². The fourth-order valence-corrected chi connectivity index (χ4v) is 3.54. The molecule has 21 heavy (non-hydrogen) atoms. The molecule has 0 amide bonds. The summed E-state index contributed by atoms with van der Waals surface area (Å²) >= 11 is 3.04. The Morgan fingerprint density at radius 1 is 1.57 bits per heavy atom. The number of hydrogen-bond donors (Lipinski definition) is 2. The average molecular weight is 383 g/mol. The molecule has 0 bridgehead atoms. The summed E-state index contributed by atoms with van der Waals surface area (Å²) in [5, 5.41) is 0. The Morgan fingerprint density at radius 2 is 2.29 bits per heavy atom. The van der Waals surface area contributed by atoms with E-state index in [2.05, 4.69) is 20.7 Å². The molecule has 118 valence electrons. The molecule has 0 saturated carbocycles. The van der Waals surface area contributed by atoms with Gasteiger partial charge in [-0.15, -0.1) is 0 Å². The first kappa shape index (κ1) is 16.6. The highest BCUT2D eigenvalue weighted by Gasteiger charge is 2.36. The smallest absolute Gasteiger partial charge is 0.243 e. The van der Waals surface area contributed by atoms with Gasteiger partial charge in [0.2, 0.25) is 10.0 Å². The molecule has 1 fully saturated rings. The van der Waals surface area contributed by atoms with Crippen molar-refractivity contribution in [2.24, 2.45) is 0 Å². The molecular formula is C12H16BrFN2O4S. The van der Waals surface area contributed by atoms with E-state index in [0.717, 1.165) is 12.1 Å². The van der Waals surface area contributed by atoms with E-state index in [9.17, 15) is 12.8 Å². The standard InChI is InChI=1S/C12H16BrFN2O4S/c1-19-12(2-3-20-7-12)6-16-21(17,18)11-5-10(15)8(13)4-9(11)14/h4-5,16H,2-3,6-7,15H2,1H3. The van der Waals surface area contributed by atoms with Crippen molar-refractivity contribution in [1.82, 2.24) is 4.72 Å². The molecule has 0 aliphatic carbocycles. The normalized spacial score (nSPS) is 22.6. The summed E-state index contributed by atoms with van der Waals surface area (Å²) in [7, 11) is -2.54. The molecule has 0 aromatic heterocycles. The molecule has 3 N–H and O–H groups in total. The van der Waals surface area contributed by atoms with Crippen molar-refractivity contribution in [2.75, 3.05) is 32.6 Å². The molecule has 0 radical (unpaired) electrons. The van der Waals surface area contributed by atoms with E-state index in [1.54, 1.807) is 0 Å². The van der Waals surface area contributed by atoms with Crippen LogP contribution < -0.4 is 10.5 Å². The fraction of sp³-hybridized carbons (Fsp3) is 0.500. The summed E-state index contributed by atoms with van der Waals surface area (Å²) in [5.41, 5.74) is 5.03. The second-order valence-corrected chi connectivity index (χ2v) is 7.41. The van der Waals surface area contributed by atoms with Crippen molar-refractivity contribution in [3.63, 3.8) is 0 Å². The Balaban J connectivity index is 2.21. The number of rotatable bonds is 5. The first-order chi connectivity index (χ1) is 9.80. The topological polar surface area (TPSA) is 90.7 Å². The minimum absolute atomic E-state index is 0.00123. The van der Waals surface area contributed by atoms with Crippen LogP contribution in [-0.4, -0.2) is 40.9 Å². The van der Waals surface area contributed by atoms with Crippen LogP contribution in [-0.2, 0) is 19.5 Å². The Labute approximate surface area is 131 Å². The van der Waals surface area contributed by atoms with Crippen LogP contribution in [0.3, 0.4) is 0 Å². The Bertz CT molecular complexity index is 632. The number of benzene rings is 1. The van der Waals surface area contributed by atoms with Gasteiger partial charge in [-0.1, -0.05) is 0 Å². The zero-order valence-corrected chi connectivity index (χ0v) is 13.8. The van der Waals surface area contributed by atoms with Gasteiger partial charge in [-0.2, -0.15) is 0 Å². The quantitative estimate of drug-likeness (QED) is 0.747. The third-order valence-corrected chi connectivity index (χ3v) is 5.53. The predicted octanol–water partition coefficient (Wildman–Crippen LogP) is 1.25. The van der Waals surface area contributed by atoms with E-state index in [0.29, 0.717) is 17.5 Å². The molecule has 1 saturated heterocycles.